The first kappa shape index (κ1) is 13.3. The van der Waals surface area contributed by atoms with Gasteiger partial charge in [0, 0.05) is 51.7 Å². The third kappa shape index (κ3) is 3.43. The third-order valence-electron chi connectivity index (χ3n) is 3.75. The number of halogens is 1. The van der Waals surface area contributed by atoms with E-state index in [0.717, 1.165) is 49.8 Å². The van der Waals surface area contributed by atoms with Gasteiger partial charge in [0.15, 0.2) is 0 Å². The highest BCUT2D eigenvalue weighted by Crippen LogP contribution is 2.16. The van der Waals surface area contributed by atoms with Crippen LogP contribution in [0.3, 0.4) is 0 Å². The van der Waals surface area contributed by atoms with Gasteiger partial charge in [0.1, 0.15) is 0 Å². The lowest BCUT2D eigenvalue weighted by Crippen LogP contribution is -2.49. The van der Waals surface area contributed by atoms with E-state index in [4.69, 9.17) is 4.74 Å². The first-order chi connectivity index (χ1) is 9.31. The minimum atomic E-state index is 0.454. The highest BCUT2D eigenvalue weighted by molar-refractivity contribution is 9.10. The number of rotatable bonds is 3. The largest absolute Gasteiger partial charge is 0.377 e. The molecule has 1 aromatic heterocycles. The summed E-state index contributed by atoms with van der Waals surface area (Å²) in [5.74, 6) is 0.833. The normalized spacial score (nSPS) is 24.9. The average molecular weight is 327 g/mol. The lowest BCUT2D eigenvalue weighted by atomic mass is 10.2. The minimum Gasteiger partial charge on any atom is -0.377 e. The van der Waals surface area contributed by atoms with Gasteiger partial charge in [0.25, 0.3) is 0 Å². The fourth-order valence-corrected chi connectivity index (χ4v) is 2.88. The second kappa shape index (κ2) is 6.15. The summed E-state index contributed by atoms with van der Waals surface area (Å²) in [5.41, 5.74) is 0. The molecule has 0 saturated carbocycles. The molecule has 3 rings (SSSR count). The Balaban J connectivity index is 1.50. The summed E-state index contributed by atoms with van der Waals surface area (Å²) in [5, 5.41) is 0. The van der Waals surface area contributed by atoms with Crippen LogP contribution < -0.4 is 4.90 Å². The highest BCUT2D eigenvalue weighted by Gasteiger charge is 2.23. The first-order valence-electron chi connectivity index (χ1n) is 6.88. The Hall–Kier alpha value is -0.720. The van der Waals surface area contributed by atoms with Crippen molar-refractivity contribution in [1.82, 2.24) is 14.9 Å². The van der Waals surface area contributed by atoms with Crippen LogP contribution in [0.1, 0.15) is 12.8 Å². The molecule has 0 bridgehead atoms. The molecule has 0 N–H and O–H groups in total. The van der Waals surface area contributed by atoms with Crippen LogP contribution in [0.5, 0.6) is 0 Å². The number of ether oxygens (including phenoxy) is 1. The van der Waals surface area contributed by atoms with Gasteiger partial charge < -0.3 is 9.64 Å². The molecule has 5 nitrogen and oxygen atoms in total. The molecule has 1 atom stereocenters. The third-order valence-corrected chi connectivity index (χ3v) is 4.16. The van der Waals surface area contributed by atoms with Crippen molar-refractivity contribution >= 4 is 21.9 Å². The number of aromatic nitrogens is 2. The van der Waals surface area contributed by atoms with Crippen molar-refractivity contribution in [2.75, 3.05) is 44.2 Å². The molecule has 2 fully saturated rings. The minimum absolute atomic E-state index is 0.454. The van der Waals surface area contributed by atoms with E-state index in [1.165, 1.54) is 12.8 Å². The van der Waals surface area contributed by atoms with Crippen LogP contribution in [0.15, 0.2) is 16.9 Å². The van der Waals surface area contributed by atoms with E-state index in [9.17, 15) is 0 Å². The fraction of sp³-hybridized carbons (Fsp3) is 0.692. The monoisotopic (exact) mass is 326 g/mol. The van der Waals surface area contributed by atoms with Crippen molar-refractivity contribution in [3.05, 3.63) is 16.9 Å². The molecule has 1 aromatic rings. The summed E-state index contributed by atoms with van der Waals surface area (Å²) in [6.07, 6.45) is 6.51. The Morgan fingerprint density at radius 2 is 1.95 bits per heavy atom. The van der Waals surface area contributed by atoms with Gasteiger partial charge in [-0.15, -0.1) is 0 Å². The van der Waals surface area contributed by atoms with Gasteiger partial charge in [0.05, 0.1) is 10.6 Å². The van der Waals surface area contributed by atoms with E-state index in [1.807, 2.05) is 0 Å². The van der Waals surface area contributed by atoms with Crippen LogP contribution in [-0.4, -0.2) is 60.3 Å². The number of nitrogens with zero attached hydrogens (tertiary/aromatic N) is 4. The zero-order valence-corrected chi connectivity index (χ0v) is 12.5. The van der Waals surface area contributed by atoms with E-state index < -0.39 is 0 Å². The molecule has 0 aromatic carbocycles. The molecular weight excluding hydrogens is 308 g/mol. The summed E-state index contributed by atoms with van der Waals surface area (Å²) in [6, 6.07) is 0. The predicted molar refractivity (Wildman–Crippen MR) is 77.4 cm³/mol. The van der Waals surface area contributed by atoms with Gasteiger partial charge in [-0.3, -0.25) is 4.90 Å². The molecule has 19 heavy (non-hydrogen) atoms. The second-order valence-electron chi connectivity index (χ2n) is 5.12. The Kier molecular flexibility index (Phi) is 4.30. The Morgan fingerprint density at radius 1 is 1.21 bits per heavy atom. The van der Waals surface area contributed by atoms with Crippen molar-refractivity contribution < 1.29 is 4.74 Å². The van der Waals surface area contributed by atoms with Crippen LogP contribution in [-0.2, 0) is 4.74 Å². The maximum Gasteiger partial charge on any atom is 0.225 e. The van der Waals surface area contributed by atoms with E-state index >= 15 is 0 Å². The quantitative estimate of drug-likeness (QED) is 0.842. The molecule has 2 aliphatic rings. The number of hydrogen-bond acceptors (Lipinski definition) is 5. The lowest BCUT2D eigenvalue weighted by molar-refractivity contribution is 0.0712. The smallest absolute Gasteiger partial charge is 0.225 e. The van der Waals surface area contributed by atoms with Crippen LogP contribution in [0, 0.1) is 0 Å². The number of hydrogen-bond donors (Lipinski definition) is 0. The van der Waals surface area contributed by atoms with Crippen molar-refractivity contribution in [2.45, 2.75) is 18.9 Å². The van der Waals surface area contributed by atoms with E-state index in [0.29, 0.717) is 6.10 Å². The number of anilines is 1. The van der Waals surface area contributed by atoms with Crippen LogP contribution in [0.25, 0.3) is 0 Å². The highest BCUT2D eigenvalue weighted by atomic mass is 79.9. The molecule has 2 saturated heterocycles. The van der Waals surface area contributed by atoms with Gasteiger partial charge in [-0.05, 0) is 28.8 Å². The molecule has 3 heterocycles. The summed E-state index contributed by atoms with van der Waals surface area (Å²) in [6.45, 7) is 6.15. The second-order valence-corrected chi connectivity index (χ2v) is 6.04. The molecule has 0 radical (unpaired) electrons. The van der Waals surface area contributed by atoms with Crippen LogP contribution >= 0.6 is 15.9 Å². The number of piperazine rings is 1. The first-order valence-corrected chi connectivity index (χ1v) is 7.67. The van der Waals surface area contributed by atoms with Crippen LogP contribution in [0.2, 0.25) is 0 Å². The molecule has 104 valence electrons. The zero-order valence-electron chi connectivity index (χ0n) is 11.0. The van der Waals surface area contributed by atoms with Crippen molar-refractivity contribution in [2.24, 2.45) is 0 Å². The molecule has 0 spiro atoms. The van der Waals surface area contributed by atoms with Crippen LogP contribution in [0.4, 0.5) is 5.95 Å². The maximum atomic E-state index is 5.70. The Labute approximate surface area is 122 Å². The van der Waals surface area contributed by atoms with Gasteiger partial charge in [0.2, 0.25) is 5.95 Å². The SMILES string of the molecule is Brc1cnc(N2CCN(C[C@@H]3CCCO3)CC2)nc1. The van der Waals surface area contributed by atoms with Crippen molar-refractivity contribution in [3.8, 4) is 0 Å². The zero-order chi connectivity index (χ0) is 13.1. The topological polar surface area (TPSA) is 41.5 Å². The van der Waals surface area contributed by atoms with Gasteiger partial charge in [-0.25, -0.2) is 9.97 Å². The Bertz CT molecular complexity index is 400. The lowest BCUT2D eigenvalue weighted by Gasteiger charge is -2.35. The molecule has 6 heteroatoms. The van der Waals surface area contributed by atoms with E-state index in [2.05, 4.69) is 35.7 Å². The van der Waals surface area contributed by atoms with E-state index in [1.54, 1.807) is 12.4 Å². The Morgan fingerprint density at radius 3 is 2.58 bits per heavy atom. The van der Waals surface area contributed by atoms with Crippen molar-refractivity contribution in [3.63, 3.8) is 0 Å². The molecule has 0 unspecified atom stereocenters. The molecule has 2 aliphatic heterocycles. The summed E-state index contributed by atoms with van der Waals surface area (Å²) in [4.78, 5) is 13.4. The summed E-state index contributed by atoms with van der Waals surface area (Å²) in [7, 11) is 0. The molecule has 0 amide bonds. The van der Waals surface area contributed by atoms with E-state index in [-0.39, 0.29) is 0 Å². The molecular formula is C13H19BrN4O. The maximum absolute atomic E-state index is 5.70. The standard InChI is InChI=1S/C13H19BrN4O/c14-11-8-15-13(16-9-11)18-5-3-17(4-6-18)10-12-2-1-7-19-12/h8-9,12H,1-7,10H2/t12-/m0/s1. The predicted octanol–water partition coefficient (Wildman–Crippen LogP) is 1.54. The fourth-order valence-electron chi connectivity index (χ4n) is 2.68. The molecule has 0 aliphatic carbocycles. The van der Waals surface area contributed by atoms with Gasteiger partial charge in [-0.2, -0.15) is 0 Å². The average Bonchev–Trinajstić information content (AvgIpc) is 2.94. The summed E-state index contributed by atoms with van der Waals surface area (Å²) < 4.78 is 6.62. The van der Waals surface area contributed by atoms with Crippen molar-refractivity contribution in [1.29, 1.82) is 0 Å². The van der Waals surface area contributed by atoms with Gasteiger partial charge >= 0.3 is 0 Å². The van der Waals surface area contributed by atoms with Gasteiger partial charge in [-0.1, -0.05) is 0 Å². The summed E-state index contributed by atoms with van der Waals surface area (Å²) >= 11 is 3.36.